The van der Waals surface area contributed by atoms with Crippen LogP contribution in [0.1, 0.15) is 33.2 Å². The number of amides is 1. The molecule has 1 atom stereocenters. The third kappa shape index (κ3) is 3.27. The highest BCUT2D eigenvalue weighted by Gasteiger charge is 2.35. The quantitative estimate of drug-likeness (QED) is 0.350. The van der Waals surface area contributed by atoms with Gasteiger partial charge >= 0.3 is 0 Å². The van der Waals surface area contributed by atoms with Crippen LogP contribution in [0.25, 0.3) is 10.9 Å². The fourth-order valence-electron chi connectivity index (χ4n) is 4.27. The third-order valence-corrected chi connectivity index (χ3v) is 6.44. The Morgan fingerprint density at radius 3 is 2.43 bits per heavy atom. The topological polar surface area (TPSA) is 36.1 Å². The number of benzene rings is 3. The summed E-state index contributed by atoms with van der Waals surface area (Å²) in [5.41, 5.74) is 4.78. The number of aromatic nitrogens is 1. The molecule has 0 radical (unpaired) electrons. The van der Waals surface area contributed by atoms with Gasteiger partial charge in [0.15, 0.2) is 0 Å². The molecule has 0 fully saturated rings. The van der Waals surface area contributed by atoms with Gasteiger partial charge in [-0.05, 0) is 53.9 Å². The van der Waals surface area contributed by atoms with Gasteiger partial charge in [0, 0.05) is 33.2 Å². The minimum Gasteiger partial charge on any atom is -0.356 e. The third-order valence-electron chi connectivity index (χ3n) is 5.64. The zero-order valence-electron chi connectivity index (χ0n) is 15.8. The molecule has 30 heavy (non-hydrogen) atoms. The van der Waals surface area contributed by atoms with Gasteiger partial charge in [0.05, 0.1) is 16.6 Å². The number of carbonyl (C=O) groups is 1. The number of H-pyrrole nitrogens is 1. The van der Waals surface area contributed by atoms with Crippen LogP contribution in [0, 0.1) is 0 Å². The van der Waals surface area contributed by atoms with Gasteiger partial charge in [-0.25, -0.2) is 0 Å². The molecule has 1 unspecified atom stereocenters. The van der Waals surface area contributed by atoms with Crippen molar-refractivity contribution in [2.24, 2.45) is 0 Å². The number of hydrogen-bond donors (Lipinski definition) is 1. The van der Waals surface area contributed by atoms with Crippen molar-refractivity contribution in [3.05, 3.63) is 104 Å². The van der Waals surface area contributed by atoms with Crippen molar-refractivity contribution in [1.82, 2.24) is 9.88 Å². The van der Waals surface area contributed by atoms with E-state index in [0.717, 1.165) is 23.2 Å². The number of rotatable bonds is 2. The molecule has 3 aromatic carbocycles. The van der Waals surface area contributed by atoms with E-state index < -0.39 is 0 Å². The first-order chi connectivity index (χ1) is 14.5. The molecule has 1 N–H and O–H groups in total. The second kappa shape index (κ2) is 7.66. The molecule has 0 aliphatic carbocycles. The van der Waals surface area contributed by atoms with Crippen LogP contribution in [-0.4, -0.2) is 22.3 Å². The average Bonchev–Trinajstić information content (AvgIpc) is 3.12. The predicted octanol–water partition coefficient (Wildman–Crippen LogP) is 6.92. The Balaban J connectivity index is 1.66. The van der Waals surface area contributed by atoms with Gasteiger partial charge in [0.2, 0.25) is 0 Å². The van der Waals surface area contributed by atoms with Crippen LogP contribution in [0.15, 0.2) is 66.7 Å². The van der Waals surface area contributed by atoms with Gasteiger partial charge in [0.25, 0.3) is 5.91 Å². The first-order valence-corrected chi connectivity index (χ1v) is 10.8. The number of carbonyl (C=O) groups excluding carboxylic acids is 1. The van der Waals surface area contributed by atoms with Crippen molar-refractivity contribution in [1.29, 1.82) is 0 Å². The molecule has 6 heteroatoms. The Morgan fingerprint density at radius 1 is 0.933 bits per heavy atom. The molecule has 2 heterocycles. The first kappa shape index (κ1) is 19.5. The van der Waals surface area contributed by atoms with E-state index in [1.165, 1.54) is 10.9 Å². The number of halogens is 3. The number of nitrogens with one attached hydrogen (secondary N) is 1. The number of para-hydroxylation sites is 1. The zero-order chi connectivity index (χ0) is 20.8. The summed E-state index contributed by atoms with van der Waals surface area (Å²) in [6, 6.07) is 20.6. The summed E-state index contributed by atoms with van der Waals surface area (Å²) in [6.07, 6.45) is 0.764. The average molecular weight is 456 g/mol. The van der Waals surface area contributed by atoms with Gasteiger partial charge in [-0.2, -0.15) is 0 Å². The maximum atomic E-state index is 13.6. The summed E-state index contributed by atoms with van der Waals surface area (Å²) in [5, 5.41) is 2.71. The summed E-state index contributed by atoms with van der Waals surface area (Å²) in [4.78, 5) is 19.0. The lowest BCUT2D eigenvalue weighted by Gasteiger charge is -2.36. The van der Waals surface area contributed by atoms with Crippen molar-refractivity contribution in [3.63, 3.8) is 0 Å². The fourth-order valence-corrected chi connectivity index (χ4v) is 4.88. The van der Waals surface area contributed by atoms with Crippen LogP contribution >= 0.6 is 34.8 Å². The second-order valence-electron chi connectivity index (χ2n) is 7.39. The Bertz CT molecular complexity index is 1260. The van der Waals surface area contributed by atoms with Crippen LogP contribution in [0.5, 0.6) is 0 Å². The molecule has 3 nitrogen and oxygen atoms in total. The number of fused-ring (bicyclic) bond motifs is 3. The molecule has 1 amide bonds. The largest absolute Gasteiger partial charge is 0.356 e. The monoisotopic (exact) mass is 454 g/mol. The molecule has 0 saturated heterocycles. The Labute approximate surface area is 189 Å². The molecule has 1 aliphatic rings. The number of aromatic amines is 1. The lowest BCUT2D eigenvalue weighted by Crippen LogP contribution is -2.40. The lowest BCUT2D eigenvalue weighted by atomic mass is 9.91. The molecular weight excluding hydrogens is 439 g/mol. The summed E-state index contributed by atoms with van der Waals surface area (Å²) in [6.45, 7) is 0.583. The Kier molecular flexibility index (Phi) is 4.98. The molecule has 150 valence electrons. The SMILES string of the molecule is O=C(c1ccc(Cl)cc1Cl)N1CCc2c([nH]c3ccccc23)C1c1ccc(Cl)cc1. The van der Waals surface area contributed by atoms with Crippen molar-refractivity contribution < 1.29 is 4.79 Å². The van der Waals surface area contributed by atoms with E-state index in [9.17, 15) is 4.79 Å². The second-order valence-corrected chi connectivity index (χ2v) is 8.67. The maximum absolute atomic E-state index is 13.6. The van der Waals surface area contributed by atoms with E-state index in [1.54, 1.807) is 18.2 Å². The standard InChI is InChI=1S/C24H17Cl3N2O/c25-15-7-5-14(6-8-15)23-22-18(17-3-1-2-4-21(17)28-22)11-12-29(23)24(30)19-10-9-16(26)13-20(19)27/h1-10,13,23,28H,11-12H2. The number of nitrogens with zero attached hydrogens (tertiary/aromatic N) is 1. The van der Waals surface area contributed by atoms with E-state index >= 15 is 0 Å². The molecule has 1 aromatic heterocycles. The maximum Gasteiger partial charge on any atom is 0.256 e. The van der Waals surface area contributed by atoms with Crippen LogP contribution in [-0.2, 0) is 6.42 Å². The zero-order valence-corrected chi connectivity index (χ0v) is 18.1. The predicted molar refractivity (Wildman–Crippen MR) is 123 cm³/mol. The fraction of sp³-hybridized carbons (Fsp3) is 0.125. The van der Waals surface area contributed by atoms with Crippen LogP contribution < -0.4 is 0 Å². The molecule has 0 saturated carbocycles. The number of hydrogen-bond acceptors (Lipinski definition) is 1. The molecule has 5 rings (SSSR count). The Morgan fingerprint density at radius 2 is 1.67 bits per heavy atom. The van der Waals surface area contributed by atoms with Crippen molar-refractivity contribution in [3.8, 4) is 0 Å². The van der Waals surface area contributed by atoms with E-state index in [0.29, 0.717) is 27.2 Å². The van der Waals surface area contributed by atoms with Gasteiger partial charge < -0.3 is 9.88 Å². The normalized spacial score (nSPS) is 16.0. The van der Waals surface area contributed by atoms with E-state index in [-0.39, 0.29) is 11.9 Å². The lowest BCUT2D eigenvalue weighted by molar-refractivity contribution is 0.0692. The van der Waals surface area contributed by atoms with Crippen LogP contribution in [0.2, 0.25) is 15.1 Å². The smallest absolute Gasteiger partial charge is 0.256 e. The van der Waals surface area contributed by atoms with Gasteiger partial charge in [-0.1, -0.05) is 65.1 Å². The van der Waals surface area contributed by atoms with E-state index in [4.69, 9.17) is 34.8 Å². The van der Waals surface area contributed by atoms with E-state index in [1.807, 2.05) is 41.3 Å². The molecule has 1 aliphatic heterocycles. The Hall–Kier alpha value is -2.46. The highest BCUT2D eigenvalue weighted by atomic mass is 35.5. The molecule has 0 bridgehead atoms. The highest BCUT2D eigenvalue weighted by molar-refractivity contribution is 6.36. The first-order valence-electron chi connectivity index (χ1n) is 9.64. The van der Waals surface area contributed by atoms with Gasteiger partial charge in [-0.15, -0.1) is 0 Å². The summed E-state index contributed by atoms with van der Waals surface area (Å²) >= 11 is 18.5. The van der Waals surface area contributed by atoms with Crippen molar-refractivity contribution in [2.75, 3.05) is 6.54 Å². The highest BCUT2D eigenvalue weighted by Crippen LogP contribution is 2.40. The van der Waals surface area contributed by atoms with Crippen LogP contribution in [0.3, 0.4) is 0 Å². The minimum atomic E-state index is -0.266. The van der Waals surface area contributed by atoms with Crippen LogP contribution in [0.4, 0.5) is 0 Å². The molecule has 0 spiro atoms. The van der Waals surface area contributed by atoms with Crippen molar-refractivity contribution in [2.45, 2.75) is 12.5 Å². The van der Waals surface area contributed by atoms with Crippen molar-refractivity contribution >= 4 is 51.6 Å². The van der Waals surface area contributed by atoms with Gasteiger partial charge in [0.1, 0.15) is 0 Å². The molecular formula is C24H17Cl3N2O. The van der Waals surface area contributed by atoms with Gasteiger partial charge in [-0.3, -0.25) is 4.79 Å². The summed E-state index contributed by atoms with van der Waals surface area (Å²) < 4.78 is 0. The summed E-state index contributed by atoms with van der Waals surface area (Å²) in [7, 11) is 0. The van der Waals surface area contributed by atoms with E-state index in [2.05, 4.69) is 17.1 Å². The summed E-state index contributed by atoms with van der Waals surface area (Å²) in [5.74, 6) is -0.124. The minimum absolute atomic E-state index is 0.124. The molecule has 4 aromatic rings.